The van der Waals surface area contributed by atoms with Crippen LogP contribution >= 0.6 is 0 Å². The Morgan fingerprint density at radius 1 is 1.48 bits per heavy atom. The van der Waals surface area contributed by atoms with Crippen LogP contribution in [0.25, 0.3) is 0 Å². The van der Waals surface area contributed by atoms with Crippen LogP contribution in [0.4, 0.5) is 0 Å². The van der Waals surface area contributed by atoms with Gasteiger partial charge in [0.05, 0.1) is 25.2 Å². The number of nitrogens with zero attached hydrogens (tertiary/aromatic N) is 1. The van der Waals surface area contributed by atoms with E-state index in [1.807, 2.05) is 6.92 Å². The Labute approximate surface area is 127 Å². The quantitative estimate of drug-likeness (QED) is 0.562. The molecule has 0 aromatic heterocycles. The van der Waals surface area contributed by atoms with Crippen molar-refractivity contribution in [3.63, 3.8) is 0 Å². The zero-order valence-corrected chi connectivity index (χ0v) is 13.3. The van der Waals surface area contributed by atoms with Crippen molar-refractivity contribution < 1.29 is 19.4 Å². The van der Waals surface area contributed by atoms with Gasteiger partial charge in [-0.1, -0.05) is 5.92 Å². The molecule has 5 heteroatoms. The molecule has 5 nitrogen and oxygen atoms in total. The van der Waals surface area contributed by atoms with Crippen LogP contribution in [0.3, 0.4) is 0 Å². The van der Waals surface area contributed by atoms with E-state index in [2.05, 4.69) is 10.8 Å². The number of carbonyl (C=O) groups excluding carboxylic acids is 1. The summed E-state index contributed by atoms with van der Waals surface area (Å²) < 4.78 is 10.5. The Morgan fingerprint density at radius 2 is 2.10 bits per heavy atom. The van der Waals surface area contributed by atoms with Crippen molar-refractivity contribution in [3.8, 4) is 12.3 Å². The van der Waals surface area contributed by atoms with Crippen molar-refractivity contribution >= 4 is 5.97 Å². The largest absolute Gasteiger partial charge is 0.466 e. The number of likely N-dealkylation sites (tertiary alicyclic amines) is 1. The lowest BCUT2D eigenvalue weighted by Gasteiger charge is -2.32. The third-order valence-electron chi connectivity index (χ3n) is 3.66. The van der Waals surface area contributed by atoms with E-state index in [0.29, 0.717) is 13.2 Å². The first-order valence-corrected chi connectivity index (χ1v) is 7.56. The van der Waals surface area contributed by atoms with Crippen LogP contribution in [0.2, 0.25) is 0 Å². The molecule has 0 amide bonds. The smallest absolute Gasteiger partial charge is 0.309 e. The number of carbonyl (C=O) groups is 1. The standard InChI is InChI=1S/C16H27NO4/c1-5-16(3,4)21-12-14(18)11-17-9-7-13(8-10-17)15(19)20-6-2/h1,13-14,18H,6-12H2,2-4H3/t14-/m0/s1. The normalized spacial score (nSPS) is 19.0. The number of ether oxygens (including phenoxy) is 2. The van der Waals surface area contributed by atoms with Crippen LogP contribution in [-0.4, -0.2) is 60.5 Å². The summed E-state index contributed by atoms with van der Waals surface area (Å²) in [5, 5.41) is 9.99. The second-order valence-corrected chi connectivity index (χ2v) is 5.95. The maximum atomic E-state index is 11.6. The third-order valence-corrected chi connectivity index (χ3v) is 3.66. The summed E-state index contributed by atoms with van der Waals surface area (Å²) in [6.07, 6.45) is 6.32. The molecule has 0 radical (unpaired) electrons. The maximum Gasteiger partial charge on any atom is 0.309 e. The number of hydrogen-bond donors (Lipinski definition) is 1. The fraction of sp³-hybridized carbons (Fsp3) is 0.812. The highest BCUT2D eigenvalue weighted by Gasteiger charge is 2.27. The molecule has 0 saturated carbocycles. The predicted molar refractivity (Wildman–Crippen MR) is 80.7 cm³/mol. The molecule has 0 spiro atoms. The Balaban J connectivity index is 2.26. The summed E-state index contributed by atoms with van der Waals surface area (Å²) in [6, 6.07) is 0. The summed E-state index contributed by atoms with van der Waals surface area (Å²) >= 11 is 0. The maximum absolute atomic E-state index is 11.6. The van der Waals surface area contributed by atoms with E-state index in [0.717, 1.165) is 25.9 Å². The molecular weight excluding hydrogens is 270 g/mol. The molecule has 1 atom stereocenters. The molecule has 21 heavy (non-hydrogen) atoms. The Morgan fingerprint density at radius 3 is 2.62 bits per heavy atom. The van der Waals surface area contributed by atoms with Crippen LogP contribution in [0.15, 0.2) is 0 Å². The lowest BCUT2D eigenvalue weighted by Crippen LogP contribution is -2.42. The van der Waals surface area contributed by atoms with Gasteiger partial charge < -0.3 is 19.5 Å². The number of aliphatic hydroxyl groups excluding tert-OH is 1. The monoisotopic (exact) mass is 297 g/mol. The molecule has 0 aromatic rings. The molecule has 1 aliphatic heterocycles. The molecule has 120 valence electrons. The first-order chi connectivity index (χ1) is 9.88. The van der Waals surface area contributed by atoms with Gasteiger partial charge in [-0.15, -0.1) is 6.42 Å². The van der Waals surface area contributed by atoms with Crippen molar-refractivity contribution in [3.05, 3.63) is 0 Å². The highest BCUT2D eigenvalue weighted by atomic mass is 16.5. The molecule has 1 rings (SSSR count). The highest BCUT2D eigenvalue weighted by molar-refractivity contribution is 5.72. The molecule has 1 N–H and O–H groups in total. The molecule has 0 aliphatic carbocycles. The number of rotatable bonds is 7. The first kappa shape index (κ1) is 18.0. The summed E-state index contributed by atoms with van der Waals surface area (Å²) in [6.45, 7) is 8.18. The molecule has 1 saturated heterocycles. The summed E-state index contributed by atoms with van der Waals surface area (Å²) in [7, 11) is 0. The molecule has 1 aliphatic rings. The van der Waals surface area contributed by atoms with Crippen molar-refractivity contribution in [1.82, 2.24) is 4.90 Å². The lowest BCUT2D eigenvalue weighted by atomic mass is 9.97. The number of esters is 1. The number of terminal acetylenes is 1. The van der Waals surface area contributed by atoms with Gasteiger partial charge in [-0.3, -0.25) is 4.79 Å². The topological polar surface area (TPSA) is 59.0 Å². The van der Waals surface area contributed by atoms with Gasteiger partial charge in [0.25, 0.3) is 0 Å². The van der Waals surface area contributed by atoms with E-state index in [-0.39, 0.29) is 18.5 Å². The zero-order chi connectivity index (χ0) is 15.9. The minimum atomic E-state index is -0.655. The van der Waals surface area contributed by atoms with Crippen LogP contribution < -0.4 is 0 Å². The van der Waals surface area contributed by atoms with Gasteiger partial charge in [0.2, 0.25) is 0 Å². The summed E-state index contributed by atoms with van der Waals surface area (Å²) in [5.41, 5.74) is -0.655. The summed E-state index contributed by atoms with van der Waals surface area (Å²) in [5.74, 6) is 2.43. The van der Waals surface area contributed by atoms with E-state index in [4.69, 9.17) is 15.9 Å². The zero-order valence-electron chi connectivity index (χ0n) is 13.3. The number of piperidine rings is 1. The fourth-order valence-electron chi connectivity index (χ4n) is 2.31. The second-order valence-electron chi connectivity index (χ2n) is 5.95. The van der Waals surface area contributed by atoms with Gasteiger partial charge in [0.1, 0.15) is 5.60 Å². The minimum absolute atomic E-state index is 0.00466. The minimum Gasteiger partial charge on any atom is -0.466 e. The number of β-amino-alcohol motifs (C(OH)–C–C–N with tert-alkyl or cyclic N) is 1. The average Bonchev–Trinajstić information content (AvgIpc) is 2.46. The number of aliphatic hydroxyl groups is 1. The van der Waals surface area contributed by atoms with Crippen molar-refractivity contribution in [2.45, 2.75) is 45.3 Å². The van der Waals surface area contributed by atoms with Crippen molar-refractivity contribution in [2.24, 2.45) is 5.92 Å². The summed E-state index contributed by atoms with van der Waals surface area (Å²) in [4.78, 5) is 13.8. The Hall–Kier alpha value is -1.09. The van der Waals surface area contributed by atoms with E-state index in [9.17, 15) is 9.90 Å². The lowest BCUT2D eigenvalue weighted by molar-refractivity contribution is -0.149. The van der Waals surface area contributed by atoms with E-state index >= 15 is 0 Å². The fourth-order valence-corrected chi connectivity index (χ4v) is 2.31. The molecule has 1 fully saturated rings. The molecule has 1 heterocycles. The average molecular weight is 297 g/mol. The van der Waals surface area contributed by atoms with Crippen LogP contribution in [-0.2, 0) is 14.3 Å². The van der Waals surface area contributed by atoms with Crippen LogP contribution in [0.5, 0.6) is 0 Å². The molecule has 0 unspecified atom stereocenters. The van der Waals surface area contributed by atoms with E-state index in [1.54, 1.807) is 13.8 Å². The van der Waals surface area contributed by atoms with Crippen LogP contribution in [0, 0.1) is 18.3 Å². The van der Waals surface area contributed by atoms with Gasteiger partial charge in [-0.05, 0) is 46.7 Å². The van der Waals surface area contributed by atoms with Crippen LogP contribution in [0.1, 0.15) is 33.6 Å². The van der Waals surface area contributed by atoms with Gasteiger partial charge in [0.15, 0.2) is 0 Å². The van der Waals surface area contributed by atoms with E-state index in [1.165, 1.54) is 0 Å². The van der Waals surface area contributed by atoms with Crippen molar-refractivity contribution in [2.75, 3.05) is 32.8 Å². The number of hydrogen-bond acceptors (Lipinski definition) is 5. The Bertz CT molecular complexity index is 367. The van der Waals surface area contributed by atoms with Crippen molar-refractivity contribution in [1.29, 1.82) is 0 Å². The van der Waals surface area contributed by atoms with Gasteiger partial charge >= 0.3 is 5.97 Å². The van der Waals surface area contributed by atoms with Gasteiger partial charge in [0, 0.05) is 6.54 Å². The van der Waals surface area contributed by atoms with E-state index < -0.39 is 11.7 Å². The van der Waals surface area contributed by atoms with Gasteiger partial charge in [-0.25, -0.2) is 0 Å². The second kappa shape index (κ2) is 8.38. The Kier molecular flexibility index (Phi) is 7.16. The van der Waals surface area contributed by atoms with Gasteiger partial charge in [-0.2, -0.15) is 0 Å². The molecule has 0 bridgehead atoms. The highest BCUT2D eigenvalue weighted by Crippen LogP contribution is 2.19. The first-order valence-electron chi connectivity index (χ1n) is 7.56. The molecule has 0 aromatic carbocycles. The third kappa shape index (κ3) is 6.47. The SMILES string of the molecule is C#CC(C)(C)OC[C@@H](O)CN1CCC(C(=O)OCC)CC1. The molecular formula is C16H27NO4. The predicted octanol–water partition coefficient (Wildman–Crippen LogP) is 1.05.